The zero-order valence-electron chi connectivity index (χ0n) is 17.3. The van der Waals surface area contributed by atoms with E-state index in [1.807, 2.05) is 0 Å². The minimum Gasteiger partial charge on any atom is -0.355 e. The number of nitrogens with zero attached hydrogens (tertiary/aromatic N) is 1. The quantitative estimate of drug-likeness (QED) is 0.682. The summed E-state index contributed by atoms with van der Waals surface area (Å²) in [5, 5.41) is 5.39. The van der Waals surface area contributed by atoms with Crippen molar-refractivity contribution in [2.45, 2.75) is 31.1 Å². The summed E-state index contributed by atoms with van der Waals surface area (Å²) in [5.74, 6) is -1.23. The van der Waals surface area contributed by atoms with Crippen molar-refractivity contribution in [3.8, 4) is 0 Å². The number of anilines is 1. The molecule has 1 aliphatic rings. The van der Waals surface area contributed by atoms with Gasteiger partial charge in [-0.15, -0.1) is 0 Å². The van der Waals surface area contributed by atoms with Crippen LogP contribution in [0.25, 0.3) is 0 Å². The summed E-state index contributed by atoms with van der Waals surface area (Å²) in [5.41, 5.74) is 1.04. The summed E-state index contributed by atoms with van der Waals surface area (Å²) in [4.78, 5) is 23.8. The molecule has 1 aliphatic heterocycles. The Labute approximate surface area is 181 Å². The van der Waals surface area contributed by atoms with E-state index in [1.54, 1.807) is 18.2 Å². The van der Waals surface area contributed by atoms with Crippen molar-refractivity contribution in [2.24, 2.45) is 5.92 Å². The van der Waals surface area contributed by atoms with Crippen LogP contribution in [0.4, 0.5) is 10.1 Å². The molecule has 1 atom stereocenters. The van der Waals surface area contributed by atoms with Crippen LogP contribution >= 0.6 is 0 Å². The Morgan fingerprint density at radius 2 is 1.84 bits per heavy atom. The van der Waals surface area contributed by atoms with Crippen LogP contribution in [-0.4, -0.2) is 44.2 Å². The minimum atomic E-state index is -3.75. The van der Waals surface area contributed by atoms with E-state index < -0.39 is 15.9 Å². The third kappa shape index (κ3) is 5.89. The van der Waals surface area contributed by atoms with Crippen LogP contribution in [0.1, 0.15) is 25.3 Å². The normalized spacial score (nSPS) is 17.2. The molecular weight excluding hydrogens is 421 g/mol. The van der Waals surface area contributed by atoms with E-state index in [0.29, 0.717) is 37.1 Å². The molecule has 0 spiro atoms. The van der Waals surface area contributed by atoms with Crippen LogP contribution in [0.3, 0.4) is 0 Å². The van der Waals surface area contributed by atoms with Crippen LogP contribution in [0.15, 0.2) is 53.4 Å². The van der Waals surface area contributed by atoms with E-state index in [2.05, 4.69) is 10.6 Å². The Morgan fingerprint density at radius 3 is 2.52 bits per heavy atom. The first kappa shape index (κ1) is 22.9. The summed E-state index contributed by atoms with van der Waals surface area (Å²) in [6.07, 6.45) is 1.54. The summed E-state index contributed by atoms with van der Waals surface area (Å²) in [6.45, 7) is 2.10. The Balaban J connectivity index is 1.59. The van der Waals surface area contributed by atoms with E-state index in [-0.39, 0.29) is 35.6 Å². The first-order valence-corrected chi connectivity index (χ1v) is 11.6. The molecule has 166 valence electrons. The number of piperidine rings is 1. The summed E-state index contributed by atoms with van der Waals surface area (Å²) >= 11 is 0. The van der Waals surface area contributed by atoms with Crippen LogP contribution in [-0.2, 0) is 26.0 Å². The van der Waals surface area contributed by atoms with E-state index >= 15 is 0 Å². The second-order valence-corrected chi connectivity index (χ2v) is 9.48. The smallest absolute Gasteiger partial charge is 0.243 e. The second-order valence-electron chi connectivity index (χ2n) is 7.54. The van der Waals surface area contributed by atoms with Gasteiger partial charge in [0, 0.05) is 32.2 Å². The molecule has 31 heavy (non-hydrogen) atoms. The molecule has 0 unspecified atom stereocenters. The SMILES string of the molecule is CC(=O)Nc1ccc(S(=O)(=O)N2CCC[C@H](C(=O)NCCc3ccccc3F)C2)cc1. The molecule has 3 rings (SSSR count). The van der Waals surface area contributed by atoms with Crippen molar-refractivity contribution >= 4 is 27.5 Å². The Morgan fingerprint density at radius 1 is 1.13 bits per heavy atom. The highest BCUT2D eigenvalue weighted by Crippen LogP contribution is 2.25. The molecular formula is C22H26FN3O4S. The lowest BCUT2D eigenvalue weighted by Crippen LogP contribution is -2.45. The lowest BCUT2D eigenvalue weighted by atomic mass is 9.99. The number of halogens is 1. The maximum Gasteiger partial charge on any atom is 0.243 e. The predicted octanol–water partition coefficient (Wildman–Crippen LogP) is 2.54. The van der Waals surface area contributed by atoms with Gasteiger partial charge in [-0.2, -0.15) is 4.31 Å². The van der Waals surface area contributed by atoms with E-state index in [4.69, 9.17) is 0 Å². The Kier molecular flexibility index (Phi) is 7.40. The second kappa shape index (κ2) is 10.0. The molecule has 0 radical (unpaired) electrons. The van der Waals surface area contributed by atoms with Crippen molar-refractivity contribution in [1.29, 1.82) is 0 Å². The summed E-state index contributed by atoms with van der Waals surface area (Å²) < 4.78 is 41.0. The lowest BCUT2D eigenvalue weighted by molar-refractivity contribution is -0.126. The van der Waals surface area contributed by atoms with Crippen molar-refractivity contribution in [3.63, 3.8) is 0 Å². The number of hydrogen-bond donors (Lipinski definition) is 2. The fraction of sp³-hybridized carbons (Fsp3) is 0.364. The fourth-order valence-electron chi connectivity index (χ4n) is 3.60. The molecule has 0 bridgehead atoms. The standard InChI is InChI=1S/C22H26FN3O4S/c1-16(27)25-19-8-10-20(11-9-19)31(29,30)26-14-4-6-18(15-26)22(28)24-13-12-17-5-2-3-7-21(17)23/h2-3,5,7-11,18H,4,6,12-15H2,1H3,(H,24,28)(H,25,27)/t18-/m0/s1. The number of carbonyl (C=O) groups excluding carboxylic acids is 2. The fourth-order valence-corrected chi connectivity index (χ4v) is 5.13. The van der Waals surface area contributed by atoms with Crippen molar-refractivity contribution < 1.29 is 22.4 Å². The Hall–Kier alpha value is -2.78. The highest BCUT2D eigenvalue weighted by molar-refractivity contribution is 7.89. The zero-order chi connectivity index (χ0) is 22.4. The van der Waals surface area contributed by atoms with Gasteiger partial charge in [0.1, 0.15) is 5.82 Å². The number of rotatable bonds is 7. The van der Waals surface area contributed by atoms with Crippen LogP contribution < -0.4 is 10.6 Å². The van der Waals surface area contributed by atoms with Gasteiger partial charge in [-0.25, -0.2) is 12.8 Å². The average molecular weight is 448 g/mol. The molecule has 7 nitrogen and oxygen atoms in total. The first-order chi connectivity index (χ1) is 14.8. The maximum atomic E-state index is 13.7. The molecule has 2 N–H and O–H groups in total. The molecule has 2 amide bonds. The van der Waals surface area contributed by atoms with Crippen molar-refractivity contribution in [3.05, 3.63) is 59.9 Å². The Bertz CT molecular complexity index is 1040. The van der Waals surface area contributed by atoms with Gasteiger partial charge in [0.25, 0.3) is 0 Å². The van der Waals surface area contributed by atoms with Gasteiger partial charge in [-0.05, 0) is 55.2 Å². The average Bonchev–Trinajstić information content (AvgIpc) is 2.75. The van der Waals surface area contributed by atoms with Gasteiger partial charge in [-0.3, -0.25) is 9.59 Å². The monoisotopic (exact) mass is 447 g/mol. The van der Waals surface area contributed by atoms with E-state index in [1.165, 1.54) is 41.6 Å². The number of sulfonamides is 1. The zero-order valence-corrected chi connectivity index (χ0v) is 18.1. The number of benzene rings is 2. The van der Waals surface area contributed by atoms with Crippen molar-refractivity contribution in [2.75, 3.05) is 25.0 Å². The van der Waals surface area contributed by atoms with Crippen LogP contribution in [0.2, 0.25) is 0 Å². The van der Waals surface area contributed by atoms with Gasteiger partial charge in [0.05, 0.1) is 10.8 Å². The molecule has 0 aromatic heterocycles. The third-order valence-electron chi connectivity index (χ3n) is 5.22. The van der Waals surface area contributed by atoms with Gasteiger partial charge >= 0.3 is 0 Å². The van der Waals surface area contributed by atoms with E-state index in [0.717, 1.165) is 0 Å². The topological polar surface area (TPSA) is 95.6 Å². The maximum absolute atomic E-state index is 13.7. The molecule has 0 aliphatic carbocycles. The molecule has 1 heterocycles. The summed E-state index contributed by atoms with van der Waals surface area (Å²) in [6, 6.07) is 12.4. The van der Waals surface area contributed by atoms with Crippen LogP contribution in [0, 0.1) is 11.7 Å². The highest BCUT2D eigenvalue weighted by Gasteiger charge is 2.33. The van der Waals surface area contributed by atoms with Crippen molar-refractivity contribution in [1.82, 2.24) is 9.62 Å². The number of hydrogen-bond acceptors (Lipinski definition) is 4. The largest absolute Gasteiger partial charge is 0.355 e. The van der Waals surface area contributed by atoms with E-state index in [9.17, 15) is 22.4 Å². The number of carbonyl (C=O) groups is 2. The molecule has 1 saturated heterocycles. The van der Waals surface area contributed by atoms with Gasteiger partial charge in [0.2, 0.25) is 21.8 Å². The van der Waals surface area contributed by atoms with Gasteiger partial charge < -0.3 is 10.6 Å². The minimum absolute atomic E-state index is 0.0985. The first-order valence-electron chi connectivity index (χ1n) is 10.2. The molecule has 9 heteroatoms. The predicted molar refractivity (Wildman–Crippen MR) is 115 cm³/mol. The third-order valence-corrected chi connectivity index (χ3v) is 7.10. The molecule has 2 aromatic carbocycles. The number of amides is 2. The highest BCUT2D eigenvalue weighted by atomic mass is 32.2. The van der Waals surface area contributed by atoms with Crippen LogP contribution in [0.5, 0.6) is 0 Å². The molecule has 2 aromatic rings. The molecule has 0 saturated carbocycles. The van der Waals surface area contributed by atoms with Gasteiger partial charge in [0.15, 0.2) is 0 Å². The summed E-state index contributed by atoms with van der Waals surface area (Å²) in [7, 11) is -3.75. The lowest BCUT2D eigenvalue weighted by Gasteiger charge is -2.31. The molecule has 1 fully saturated rings. The number of nitrogens with one attached hydrogen (secondary N) is 2. The van der Waals surface area contributed by atoms with Gasteiger partial charge in [-0.1, -0.05) is 18.2 Å².